The first-order valence-corrected chi connectivity index (χ1v) is 14.6. The topological polar surface area (TPSA) is 71.1 Å². The SMILES string of the molecule is C=CCC(O[Si](C)(C)C(C)(C)C)C(=O)CCC1CC(CC(=O)OC)OC2(CCCC2)O1. The molecular weight excluding hydrogens is 412 g/mol. The zero-order valence-corrected chi connectivity index (χ0v) is 21.3. The van der Waals surface area contributed by atoms with Gasteiger partial charge in [-0.25, -0.2) is 0 Å². The van der Waals surface area contributed by atoms with Crippen LogP contribution in [0.1, 0.15) is 78.6 Å². The van der Waals surface area contributed by atoms with Gasteiger partial charge in [0.2, 0.25) is 0 Å². The summed E-state index contributed by atoms with van der Waals surface area (Å²) in [7, 11) is -0.674. The summed E-state index contributed by atoms with van der Waals surface area (Å²) in [4.78, 5) is 24.9. The quantitative estimate of drug-likeness (QED) is 0.253. The fraction of sp³-hybridized carbons (Fsp3) is 0.833. The fourth-order valence-corrected chi connectivity index (χ4v) is 5.43. The molecule has 0 aromatic heterocycles. The van der Waals surface area contributed by atoms with Gasteiger partial charge < -0.3 is 18.6 Å². The van der Waals surface area contributed by atoms with E-state index in [2.05, 4.69) is 40.4 Å². The van der Waals surface area contributed by atoms with Crippen molar-refractivity contribution in [1.29, 1.82) is 0 Å². The molecule has 1 spiro atoms. The fourth-order valence-electron chi connectivity index (χ4n) is 4.14. The zero-order valence-electron chi connectivity index (χ0n) is 20.3. The highest BCUT2D eigenvalue weighted by molar-refractivity contribution is 6.74. The van der Waals surface area contributed by atoms with Crippen LogP contribution in [0.2, 0.25) is 18.1 Å². The molecule has 0 aromatic rings. The van der Waals surface area contributed by atoms with Crippen LogP contribution in [0, 0.1) is 0 Å². The lowest BCUT2D eigenvalue weighted by Gasteiger charge is -2.43. The Labute approximate surface area is 189 Å². The van der Waals surface area contributed by atoms with E-state index in [0.29, 0.717) is 25.7 Å². The van der Waals surface area contributed by atoms with Crippen molar-refractivity contribution in [1.82, 2.24) is 0 Å². The molecule has 1 heterocycles. The van der Waals surface area contributed by atoms with Gasteiger partial charge in [-0.1, -0.05) is 26.8 Å². The van der Waals surface area contributed by atoms with E-state index in [0.717, 1.165) is 25.7 Å². The average Bonchev–Trinajstić information content (AvgIpc) is 3.11. The highest BCUT2D eigenvalue weighted by atomic mass is 28.4. The van der Waals surface area contributed by atoms with Gasteiger partial charge in [0.1, 0.15) is 6.10 Å². The third-order valence-electron chi connectivity index (χ3n) is 6.97. The summed E-state index contributed by atoms with van der Waals surface area (Å²) in [6.07, 6.45) is 7.09. The lowest BCUT2D eigenvalue weighted by atomic mass is 9.98. The van der Waals surface area contributed by atoms with Crippen LogP contribution >= 0.6 is 0 Å². The van der Waals surface area contributed by atoms with Crippen LogP contribution in [-0.2, 0) is 28.2 Å². The number of hydrogen-bond donors (Lipinski definition) is 0. The van der Waals surface area contributed by atoms with E-state index in [4.69, 9.17) is 18.6 Å². The third-order valence-corrected chi connectivity index (χ3v) is 11.5. The van der Waals surface area contributed by atoms with Gasteiger partial charge in [-0.3, -0.25) is 9.59 Å². The van der Waals surface area contributed by atoms with Gasteiger partial charge in [0.25, 0.3) is 0 Å². The molecule has 3 unspecified atom stereocenters. The first-order chi connectivity index (χ1) is 14.4. The van der Waals surface area contributed by atoms with Crippen molar-refractivity contribution in [2.45, 2.75) is 121 Å². The van der Waals surface area contributed by atoms with Gasteiger partial charge in [-0.2, -0.15) is 0 Å². The molecule has 178 valence electrons. The molecule has 2 fully saturated rings. The van der Waals surface area contributed by atoms with Crippen molar-refractivity contribution in [2.24, 2.45) is 0 Å². The summed E-state index contributed by atoms with van der Waals surface area (Å²) in [5, 5.41) is 0.0342. The number of Topliss-reactive ketones (excluding diaryl/α,β-unsaturated/α-hetero) is 1. The molecule has 0 aromatic carbocycles. The molecule has 1 aliphatic heterocycles. The van der Waals surface area contributed by atoms with E-state index in [-0.39, 0.29) is 35.4 Å². The summed E-state index contributed by atoms with van der Waals surface area (Å²) in [5.41, 5.74) is 0. The number of esters is 1. The normalized spacial score (nSPS) is 24.7. The predicted molar refractivity (Wildman–Crippen MR) is 123 cm³/mol. The molecule has 0 amide bonds. The van der Waals surface area contributed by atoms with Crippen molar-refractivity contribution >= 4 is 20.1 Å². The van der Waals surface area contributed by atoms with Crippen LogP contribution < -0.4 is 0 Å². The average molecular weight is 455 g/mol. The highest BCUT2D eigenvalue weighted by Crippen LogP contribution is 2.42. The minimum atomic E-state index is -2.07. The van der Waals surface area contributed by atoms with E-state index < -0.39 is 20.2 Å². The smallest absolute Gasteiger partial charge is 0.308 e. The molecule has 31 heavy (non-hydrogen) atoms. The van der Waals surface area contributed by atoms with Gasteiger partial charge in [-0.15, -0.1) is 6.58 Å². The van der Waals surface area contributed by atoms with Crippen LogP contribution in [0.25, 0.3) is 0 Å². The summed E-state index contributed by atoms with van der Waals surface area (Å²) in [6.45, 7) is 14.7. The van der Waals surface area contributed by atoms with Gasteiger partial charge in [0.15, 0.2) is 19.9 Å². The predicted octanol–water partition coefficient (Wildman–Crippen LogP) is 5.31. The van der Waals surface area contributed by atoms with E-state index >= 15 is 0 Å². The number of ether oxygens (including phenoxy) is 3. The number of carbonyl (C=O) groups is 2. The van der Waals surface area contributed by atoms with Gasteiger partial charge in [0, 0.05) is 25.7 Å². The molecule has 0 N–H and O–H groups in total. The second-order valence-corrected chi connectivity index (χ2v) is 15.3. The first-order valence-electron chi connectivity index (χ1n) is 11.7. The molecule has 3 atom stereocenters. The molecule has 7 heteroatoms. The second-order valence-electron chi connectivity index (χ2n) is 10.5. The Morgan fingerprint density at radius 3 is 2.35 bits per heavy atom. The van der Waals surface area contributed by atoms with Crippen LogP contribution in [0.15, 0.2) is 12.7 Å². The van der Waals surface area contributed by atoms with E-state index in [1.807, 2.05) is 0 Å². The van der Waals surface area contributed by atoms with Gasteiger partial charge in [-0.05, 0) is 43.8 Å². The molecule has 0 radical (unpaired) electrons. The van der Waals surface area contributed by atoms with Crippen LogP contribution in [0.4, 0.5) is 0 Å². The maximum absolute atomic E-state index is 13.1. The summed E-state index contributed by atoms with van der Waals surface area (Å²) in [6, 6.07) is 0. The van der Waals surface area contributed by atoms with Gasteiger partial charge >= 0.3 is 5.97 Å². The van der Waals surface area contributed by atoms with Crippen molar-refractivity contribution in [3.8, 4) is 0 Å². The Morgan fingerprint density at radius 1 is 1.19 bits per heavy atom. The van der Waals surface area contributed by atoms with E-state index in [1.54, 1.807) is 6.08 Å². The molecule has 1 aliphatic carbocycles. The Morgan fingerprint density at radius 2 is 1.81 bits per heavy atom. The molecular formula is C24H42O6Si. The van der Waals surface area contributed by atoms with E-state index in [9.17, 15) is 9.59 Å². The van der Waals surface area contributed by atoms with E-state index in [1.165, 1.54) is 7.11 Å². The maximum Gasteiger partial charge on any atom is 0.308 e. The molecule has 0 bridgehead atoms. The van der Waals surface area contributed by atoms with Crippen molar-refractivity contribution in [2.75, 3.05) is 7.11 Å². The van der Waals surface area contributed by atoms with Crippen LogP contribution in [-0.4, -0.2) is 51.3 Å². The molecule has 2 aliphatic rings. The highest BCUT2D eigenvalue weighted by Gasteiger charge is 2.45. The summed E-state index contributed by atoms with van der Waals surface area (Å²) in [5.74, 6) is -0.781. The number of carbonyl (C=O) groups excluding carboxylic acids is 2. The largest absolute Gasteiger partial charge is 0.469 e. The third kappa shape index (κ3) is 7.24. The van der Waals surface area contributed by atoms with Crippen molar-refractivity contribution < 1.29 is 28.2 Å². The standard InChI is InChI=1S/C24H42O6Si/c1-8-11-21(30-31(6,7)23(2,3)4)20(25)13-12-18-16-19(17-22(26)27-5)29-24(28-18)14-9-10-15-24/h8,18-19,21H,1,9-17H2,2-7H3. The first kappa shape index (κ1) is 26.2. The maximum atomic E-state index is 13.1. The van der Waals surface area contributed by atoms with Gasteiger partial charge in [0.05, 0.1) is 25.7 Å². The Bertz CT molecular complexity index is 632. The number of rotatable bonds is 10. The summed E-state index contributed by atoms with van der Waals surface area (Å²) < 4.78 is 23.8. The Kier molecular flexibility index (Phi) is 9.08. The van der Waals surface area contributed by atoms with Crippen molar-refractivity contribution in [3.05, 3.63) is 12.7 Å². The van der Waals surface area contributed by atoms with Crippen LogP contribution in [0.3, 0.4) is 0 Å². The minimum Gasteiger partial charge on any atom is -0.469 e. The lowest BCUT2D eigenvalue weighted by Crippen LogP contribution is -2.48. The number of methoxy groups -OCH3 is 1. The Hall–Kier alpha value is -1.02. The van der Waals surface area contributed by atoms with Crippen molar-refractivity contribution in [3.63, 3.8) is 0 Å². The molecule has 1 saturated carbocycles. The van der Waals surface area contributed by atoms with Crippen LogP contribution in [0.5, 0.6) is 0 Å². The number of ketones is 1. The Balaban J connectivity index is 2.01. The molecule has 1 saturated heterocycles. The lowest BCUT2D eigenvalue weighted by molar-refractivity contribution is -0.315. The molecule has 6 nitrogen and oxygen atoms in total. The monoisotopic (exact) mass is 454 g/mol. The molecule has 2 rings (SSSR count). The summed E-state index contributed by atoms with van der Waals surface area (Å²) >= 11 is 0. The zero-order chi connectivity index (χ0) is 23.3. The number of hydrogen-bond acceptors (Lipinski definition) is 6. The second kappa shape index (κ2) is 10.7. The minimum absolute atomic E-state index is 0.0342.